The fraction of sp³-hybridized carbons (Fsp3) is 0.500. The number of hydrogen-bond acceptors (Lipinski definition) is 3. The molecule has 3 nitrogen and oxygen atoms in total. The normalized spacial score (nSPS) is 23.4. The van der Waals surface area contributed by atoms with Crippen LogP contribution in [0.4, 0.5) is 5.69 Å². The molecule has 2 rings (SSSR count). The van der Waals surface area contributed by atoms with Gasteiger partial charge in [-0.2, -0.15) is 0 Å². The highest BCUT2D eigenvalue weighted by atomic mass is 16.5. The molecule has 0 amide bonds. The zero-order chi connectivity index (χ0) is 10.8. The fourth-order valence-corrected chi connectivity index (χ4v) is 2.15. The van der Waals surface area contributed by atoms with Crippen LogP contribution in [-0.4, -0.2) is 24.4 Å². The van der Waals surface area contributed by atoms with Crippen molar-refractivity contribution in [2.24, 2.45) is 0 Å². The van der Waals surface area contributed by atoms with Crippen molar-refractivity contribution in [2.45, 2.75) is 25.8 Å². The summed E-state index contributed by atoms with van der Waals surface area (Å²) < 4.78 is 5.59. The molecule has 0 saturated carbocycles. The molecule has 0 aromatic heterocycles. The van der Waals surface area contributed by atoms with Crippen LogP contribution in [0.25, 0.3) is 0 Å². The molecule has 2 atom stereocenters. The number of aliphatic hydroxyl groups excluding tert-OH is 1. The van der Waals surface area contributed by atoms with E-state index in [2.05, 4.69) is 12.2 Å². The Hall–Kier alpha value is -1.22. The van der Waals surface area contributed by atoms with Crippen LogP contribution < -0.4 is 10.1 Å². The molecule has 1 aliphatic rings. The van der Waals surface area contributed by atoms with Crippen LogP contribution in [0.2, 0.25) is 0 Å². The standard InChI is InChI=1S/C12H17NO2/c1-3-15-11-6-4-5-9-12(11)8(2)10(7-14)13-9/h4-6,8,10,13-14H,3,7H2,1-2H3. The van der Waals surface area contributed by atoms with Crippen molar-refractivity contribution in [2.75, 3.05) is 18.5 Å². The van der Waals surface area contributed by atoms with Gasteiger partial charge in [0.05, 0.1) is 19.3 Å². The maximum atomic E-state index is 9.23. The van der Waals surface area contributed by atoms with Crippen molar-refractivity contribution >= 4 is 5.69 Å². The van der Waals surface area contributed by atoms with E-state index in [0.29, 0.717) is 12.5 Å². The lowest BCUT2D eigenvalue weighted by molar-refractivity contribution is 0.264. The molecule has 0 radical (unpaired) electrons. The molecule has 2 N–H and O–H groups in total. The van der Waals surface area contributed by atoms with Crippen LogP contribution in [0.3, 0.4) is 0 Å². The van der Waals surface area contributed by atoms with Crippen LogP contribution in [0.1, 0.15) is 25.3 Å². The first-order valence-electron chi connectivity index (χ1n) is 5.41. The van der Waals surface area contributed by atoms with Crippen LogP contribution in [0, 0.1) is 0 Å². The van der Waals surface area contributed by atoms with Crippen molar-refractivity contribution < 1.29 is 9.84 Å². The van der Waals surface area contributed by atoms with E-state index in [0.717, 1.165) is 11.4 Å². The number of fused-ring (bicyclic) bond motifs is 1. The number of rotatable bonds is 3. The highest BCUT2D eigenvalue weighted by Gasteiger charge is 2.30. The smallest absolute Gasteiger partial charge is 0.124 e. The van der Waals surface area contributed by atoms with Gasteiger partial charge < -0.3 is 15.2 Å². The molecule has 1 aromatic carbocycles. The third-order valence-corrected chi connectivity index (χ3v) is 2.96. The quantitative estimate of drug-likeness (QED) is 0.796. The van der Waals surface area contributed by atoms with Crippen molar-refractivity contribution in [1.82, 2.24) is 0 Å². The van der Waals surface area contributed by atoms with Crippen LogP contribution in [-0.2, 0) is 0 Å². The topological polar surface area (TPSA) is 41.5 Å². The molecular weight excluding hydrogens is 190 g/mol. The Morgan fingerprint density at radius 3 is 2.93 bits per heavy atom. The van der Waals surface area contributed by atoms with Gasteiger partial charge in [0.25, 0.3) is 0 Å². The average Bonchev–Trinajstić information content (AvgIpc) is 2.57. The number of ether oxygens (including phenoxy) is 1. The zero-order valence-corrected chi connectivity index (χ0v) is 9.16. The van der Waals surface area contributed by atoms with E-state index in [1.165, 1.54) is 5.56 Å². The van der Waals surface area contributed by atoms with E-state index in [4.69, 9.17) is 4.74 Å². The van der Waals surface area contributed by atoms with Gasteiger partial charge in [-0.15, -0.1) is 0 Å². The number of hydrogen-bond donors (Lipinski definition) is 2. The van der Waals surface area contributed by atoms with Crippen molar-refractivity contribution in [1.29, 1.82) is 0 Å². The Bertz CT molecular complexity index is 351. The summed E-state index contributed by atoms with van der Waals surface area (Å²) in [4.78, 5) is 0. The molecule has 0 fully saturated rings. The Kier molecular flexibility index (Phi) is 2.82. The summed E-state index contributed by atoms with van der Waals surface area (Å²) in [5.74, 6) is 1.23. The van der Waals surface area contributed by atoms with E-state index in [1.54, 1.807) is 0 Å². The number of aliphatic hydroxyl groups is 1. The number of benzene rings is 1. The fourth-order valence-electron chi connectivity index (χ4n) is 2.15. The first-order chi connectivity index (χ1) is 7.27. The van der Waals surface area contributed by atoms with Gasteiger partial charge in [-0.05, 0) is 19.1 Å². The van der Waals surface area contributed by atoms with Gasteiger partial charge in [0.15, 0.2) is 0 Å². The molecule has 1 aromatic rings. The molecule has 0 spiro atoms. The second kappa shape index (κ2) is 4.11. The predicted octanol–water partition coefficient (Wildman–Crippen LogP) is 1.98. The monoisotopic (exact) mass is 207 g/mol. The molecule has 3 heteroatoms. The predicted molar refractivity (Wildman–Crippen MR) is 60.5 cm³/mol. The molecule has 82 valence electrons. The van der Waals surface area contributed by atoms with E-state index in [1.807, 2.05) is 25.1 Å². The summed E-state index contributed by atoms with van der Waals surface area (Å²) in [7, 11) is 0. The van der Waals surface area contributed by atoms with E-state index in [-0.39, 0.29) is 12.6 Å². The highest BCUT2D eigenvalue weighted by Crippen LogP contribution is 2.41. The lowest BCUT2D eigenvalue weighted by atomic mass is 9.97. The molecule has 0 aliphatic carbocycles. The van der Waals surface area contributed by atoms with E-state index in [9.17, 15) is 5.11 Å². The summed E-state index contributed by atoms with van der Waals surface area (Å²) in [5.41, 5.74) is 2.28. The SMILES string of the molecule is CCOc1cccc2c1C(C)C(CO)N2. The van der Waals surface area contributed by atoms with Gasteiger partial charge in [-0.1, -0.05) is 13.0 Å². The van der Waals surface area contributed by atoms with Gasteiger partial charge in [-0.3, -0.25) is 0 Å². The lowest BCUT2D eigenvalue weighted by Gasteiger charge is -2.14. The highest BCUT2D eigenvalue weighted by molar-refractivity contribution is 5.64. The summed E-state index contributed by atoms with van der Waals surface area (Å²) in [6.07, 6.45) is 0. The zero-order valence-electron chi connectivity index (χ0n) is 9.16. The van der Waals surface area contributed by atoms with Gasteiger partial charge in [0, 0.05) is 17.2 Å². The summed E-state index contributed by atoms with van der Waals surface area (Å²) in [6, 6.07) is 6.11. The molecule has 15 heavy (non-hydrogen) atoms. The molecule has 2 unspecified atom stereocenters. The third-order valence-electron chi connectivity index (χ3n) is 2.96. The van der Waals surface area contributed by atoms with Crippen molar-refractivity contribution in [3.05, 3.63) is 23.8 Å². The third kappa shape index (κ3) is 1.67. The van der Waals surface area contributed by atoms with Gasteiger partial charge in [0.2, 0.25) is 0 Å². The molecule has 1 aliphatic heterocycles. The largest absolute Gasteiger partial charge is 0.494 e. The summed E-state index contributed by atoms with van der Waals surface area (Å²) >= 11 is 0. The van der Waals surface area contributed by atoms with Gasteiger partial charge in [0.1, 0.15) is 5.75 Å². The molecule has 0 saturated heterocycles. The first kappa shape index (κ1) is 10.3. The van der Waals surface area contributed by atoms with Gasteiger partial charge >= 0.3 is 0 Å². The van der Waals surface area contributed by atoms with Crippen LogP contribution >= 0.6 is 0 Å². The Balaban J connectivity index is 2.36. The van der Waals surface area contributed by atoms with Crippen LogP contribution in [0.15, 0.2) is 18.2 Å². The van der Waals surface area contributed by atoms with E-state index >= 15 is 0 Å². The molecular formula is C12H17NO2. The molecule has 1 heterocycles. The minimum absolute atomic E-state index is 0.113. The van der Waals surface area contributed by atoms with Gasteiger partial charge in [-0.25, -0.2) is 0 Å². The summed E-state index contributed by atoms with van der Waals surface area (Å²) in [5, 5.41) is 12.5. The maximum Gasteiger partial charge on any atom is 0.124 e. The summed E-state index contributed by atoms with van der Waals surface area (Å²) in [6.45, 7) is 4.92. The first-order valence-corrected chi connectivity index (χ1v) is 5.41. The maximum absolute atomic E-state index is 9.23. The van der Waals surface area contributed by atoms with Crippen molar-refractivity contribution in [3.63, 3.8) is 0 Å². The Labute approximate surface area is 90.1 Å². The second-order valence-electron chi connectivity index (χ2n) is 3.87. The Morgan fingerprint density at radius 1 is 1.47 bits per heavy atom. The average molecular weight is 207 g/mol. The minimum atomic E-state index is 0.113. The molecule has 0 bridgehead atoms. The lowest BCUT2D eigenvalue weighted by Crippen LogP contribution is -2.22. The van der Waals surface area contributed by atoms with Crippen LogP contribution in [0.5, 0.6) is 5.75 Å². The van der Waals surface area contributed by atoms with Crippen molar-refractivity contribution in [3.8, 4) is 5.75 Å². The van der Waals surface area contributed by atoms with E-state index < -0.39 is 0 Å². The number of anilines is 1. The minimum Gasteiger partial charge on any atom is -0.494 e. The number of nitrogens with one attached hydrogen (secondary N) is 1. The Morgan fingerprint density at radius 2 is 2.27 bits per heavy atom. The second-order valence-corrected chi connectivity index (χ2v) is 3.87.